The molecule has 1 aliphatic heterocycles. The molecule has 0 aliphatic carbocycles. The molecule has 0 amide bonds. The minimum absolute atomic E-state index is 0.487. The number of rotatable bonds is 2. The first-order chi connectivity index (χ1) is 6.95. The molecule has 1 unspecified atom stereocenters. The number of hydrogen-bond donors (Lipinski definition) is 3. The summed E-state index contributed by atoms with van der Waals surface area (Å²) in [6.45, 7) is 4.01. The topological polar surface area (TPSA) is 75.0 Å². The lowest BCUT2D eigenvalue weighted by Crippen LogP contribution is -2.50. The van der Waals surface area contributed by atoms with E-state index in [0.29, 0.717) is 6.04 Å². The molecule has 1 fully saturated rings. The summed E-state index contributed by atoms with van der Waals surface area (Å²) in [5.41, 5.74) is 0. The van der Waals surface area contributed by atoms with Crippen LogP contribution >= 0.6 is 11.9 Å². The van der Waals surface area contributed by atoms with Gasteiger partial charge in [0, 0.05) is 25.7 Å². The van der Waals surface area contributed by atoms with Crippen molar-refractivity contribution in [1.82, 2.24) is 25.4 Å². The van der Waals surface area contributed by atoms with E-state index in [1.54, 1.807) is 12.7 Å². The van der Waals surface area contributed by atoms with Crippen LogP contribution in [-0.4, -0.2) is 45.1 Å². The molecule has 0 radical (unpaired) electrons. The summed E-state index contributed by atoms with van der Waals surface area (Å²) < 4.78 is 8.32. The van der Waals surface area contributed by atoms with E-state index in [2.05, 4.69) is 32.6 Å². The molecule has 3 N–H and O–H groups in total. The van der Waals surface area contributed by atoms with Crippen molar-refractivity contribution in [3.63, 3.8) is 0 Å². The number of nitrogens with one attached hydrogen (secondary N) is 2. The van der Waals surface area contributed by atoms with Gasteiger partial charge in [-0.15, -0.1) is 0 Å². The second-order valence-electron chi connectivity index (χ2n) is 2.97. The summed E-state index contributed by atoms with van der Waals surface area (Å²) in [5, 5.41) is 10.8. The van der Waals surface area contributed by atoms with Gasteiger partial charge in [0.25, 0.3) is 0 Å². The van der Waals surface area contributed by atoms with Gasteiger partial charge < -0.3 is 10.6 Å². The zero-order valence-corrected chi connectivity index (χ0v) is 8.48. The Morgan fingerprint density at radius 1 is 1.50 bits per heavy atom. The minimum Gasteiger partial charge on any atom is -0.314 e. The van der Waals surface area contributed by atoms with Gasteiger partial charge in [-0.05, 0) is 0 Å². The fourth-order valence-electron chi connectivity index (χ4n) is 1.40. The number of halogens is 1. The Labute approximate surface area is 87.5 Å². The summed E-state index contributed by atoms with van der Waals surface area (Å²) in [4.78, 5) is 3.89. The first-order valence-electron chi connectivity index (χ1n) is 4.38. The second-order valence-corrected chi connectivity index (χ2v) is 2.97. The lowest BCUT2D eigenvalue weighted by molar-refractivity contribution is 0.366. The number of nitrogens with zero attached hydrogens (tertiary/aromatic N) is 3. The van der Waals surface area contributed by atoms with Crippen molar-refractivity contribution in [1.29, 1.82) is 0 Å². The van der Waals surface area contributed by atoms with Gasteiger partial charge in [0.1, 0.15) is 12.7 Å². The number of aromatic nitrogens is 3. The maximum absolute atomic E-state index is 6.47. The van der Waals surface area contributed by atoms with Crippen LogP contribution in [0.15, 0.2) is 12.7 Å². The molecule has 0 aromatic carbocycles. The number of piperazine rings is 1. The van der Waals surface area contributed by atoms with E-state index in [9.17, 15) is 0 Å². The van der Waals surface area contributed by atoms with Crippen LogP contribution in [0.5, 0.6) is 0 Å². The molecule has 1 saturated heterocycles. The molecule has 0 saturated carbocycles. The fourth-order valence-corrected chi connectivity index (χ4v) is 1.40. The predicted octanol–water partition coefficient (Wildman–Crippen LogP) is -1.03. The monoisotopic (exact) mass is 219 g/mol. The van der Waals surface area contributed by atoms with Gasteiger partial charge in [0.05, 0.1) is 18.4 Å². The second kappa shape index (κ2) is 6.72. The molecule has 1 aromatic heterocycles. The molecule has 7 heteroatoms. The average Bonchev–Trinajstić information content (AvgIpc) is 2.75. The van der Waals surface area contributed by atoms with Crippen LogP contribution in [0.1, 0.15) is 0 Å². The smallest absolute Gasteiger partial charge is 0.137 e. The first kappa shape index (κ1) is 11.4. The maximum atomic E-state index is 6.47. The largest absolute Gasteiger partial charge is 0.314 e. The molecule has 1 aliphatic rings. The van der Waals surface area contributed by atoms with Crippen molar-refractivity contribution >= 4 is 11.9 Å². The lowest BCUT2D eigenvalue weighted by atomic mass is 10.2. The van der Waals surface area contributed by atoms with Gasteiger partial charge in [-0.2, -0.15) is 5.10 Å². The Bertz CT molecular complexity index is 224. The van der Waals surface area contributed by atoms with E-state index >= 15 is 0 Å². The minimum atomic E-state index is 0.487. The van der Waals surface area contributed by atoms with Crippen molar-refractivity contribution in [2.24, 2.45) is 0 Å². The number of hydrogen-bond acceptors (Lipinski definition) is 5. The third kappa shape index (κ3) is 3.59. The highest BCUT2D eigenvalue weighted by Gasteiger charge is 2.11. The molecule has 2 heterocycles. The first-order valence-corrected chi connectivity index (χ1v) is 4.72. The van der Waals surface area contributed by atoms with Crippen LogP contribution in [0.25, 0.3) is 0 Å². The normalized spacial score (nSPS) is 21.1. The Balaban J connectivity index is 0.000000461. The molecular weight excluding hydrogens is 206 g/mol. The van der Waals surface area contributed by atoms with Crippen LogP contribution in [-0.2, 0) is 6.54 Å². The Kier molecular flexibility index (Phi) is 5.46. The summed E-state index contributed by atoms with van der Waals surface area (Å²) in [6.07, 6.45) is 3.31. The van der Waals surface area contributed by atoms with E-state index in [1.807, 2.05) is 4.68 Å². The predicted molar refractivity (Wildman–Crippen MR) is 52.8 cm³/mol. The lowest BCUT2D eigenvalue weighted by Gasteiger charge is -2.23. The van der Waals surface area contributed by atoms with Crippen molar-refractivity contribution in [2.75, 3.05) is 19.6 Å². The van der Waals surface area contributed by atoms with Crippen molar-refractivity contribution in [3.8, 4) is 0 Å². The van der Waals surface area contributed by atoms with Gasteiger partial charge in [-0.25, -0.2) is 4.98 Å². The SMILES string of the molecule is OCl.c1ncn(CC2CNCCN2)n1. The van der Waals surface area contributed by atoms with Crippen LogP contribution in [0.4, 0.5) is 0 Å². The highest BCUT2D eigenvalue weighted by molar-refractivity contribution is 6.04. The van der Waals surface area contributed by atoms with Gasteiger partial charge in [-0.1, -0.05) is 0 Å². The molecular formula is C7H14ClN5O. The third-order valence-corrected chi connectivity index (χ3v) is 2.00. The standard InChI is InChI=1S/C7H13N5.ClHO/c1-2-10-7(3-8-1)4-12-6-9-5-11-12;1-2/h5-8,10H,1-4H2;2H. The molecule has 1 aromatic rings. The van der Waals surface area contributed by atoms with Gasteiger partial charge in [-0.3, -0.25) is 9.34 Å². The van der Waals surface area contributed by atoms with E-state index in [0.717, 1.165) is 26.2 Å². The zero-order chi connectivity index (χ0) is 10.2. The van der Waals surface area contributed by atoms with E-state index < -0.39 is 0 Å². The maximum Gasteiger partial charge on any atom is 0.137 e. The van der Waals surface area contributed by atoms with Crippen LogP contribution < -0.4 is 10.6 Å². The molecule has 0 spiro atoms. The van der Waals surface area contributed by atoms with Crippen molar-refractivity contribution in [2.45, 2.75) is 12.6 Å². The summed E-state index contributed by atoms with van der Waals surface area (Å²) in [5.74, 6) is 0. The zero-order valence-electron chi connectivity index (χ0n) is 7.73. The Morgan fingerprint density at radius 3 is 2.93 bits per heavy atom. The molecule has 0 bridgehead atoms. The van der Waals surface area contributed by atoms with Gasteiger partial charge in [0.15, 0.2) is 0 Å². The average molecular weight is 220 g/mol. The highest BCUT2D eigenvalue weighted by atomic mass is 35.5. The summed E-state index contributed by atoms with van der Waals surface area (Å²) >= 11 is 3.64. The van der Waals surface area contributed by atoms with Crippen LogP contribution in [0, 0.1) is 0 Å². The van der Waals surface area contributed by atoms with Crippen molar-refractivity contribution < 1.29 is 4.66 Å². The van der Waals surface area contributed by atoms with Crippen molar-refractivity contribution in [3.05, 3.63) is 12.7 Å². The fraction of sp³-hybridized carbons (Fsp3) is 0.714. The molecule has 6 nitrogen and oxygen atoms in total. The van der Waals surface area contributed by atoms with E-state index in [-0.39, 0.29) is 0 Å². The van der Waals surface area contributed by atoms with Crippen LogP contribution in [0.3, 0.4) is 0 Å². The van der Waals surface area contributed by atoms with E-state index in [1.165, 1.54) is 0 Å². The van der Waals surface area contributed by atoms with Gasteiger partial charge >= 0.3 is 0 Å². The Morgan fingerprint density at radius 2 is 2.36 bits per heavy atom. The molecule has 80 valence electrons. The van der Waals surface area contributed by atoms with Gasteiger partial charge in [0.2, 0.25) is 0 Å². The molecule has 2 rings (SSSR count). The summed E-state index contributed by atoms with van der Waals surface area (Å²) in [6, 6.07) is 0.487. The van der Waals surface area contributed by atoms with Crippen LogP contribution in [0.2, 0.25) is 0 Å². The molecule has 14 heavy (non-hydrogen) atoms. The highest BCUT2D eigenvalue weighted by Crippen LogP contribution is 1.91. The van der Waals surface area contributed by atoms with E-state index in [4.69, 9.17) is 4.66 Å². The summed E-state index contributed by atoms with van der Waals surface area (Å²) in [7, 11) is 0. The molecule has 1 atom stereocenters. The third-order valence-electron chi connectivity index (χ3n) is 2.00. The quantitative estimate of drug-likeness (QED) is 0.593. The Hall–Kier alpha value is -0.690.